The van der Waals surface area contributed by atoms with E-state index in [0.29, 0.717) is 11.8 Å². The molecule has 0 aromatic rings. The standard InChI is InChI=1S/C23H46O/c1-4-5-6-7-8-9-10-11-12-14-17-21(2)20-23(3,24)22-18-15-13-16-19-22/h21-22,24H,4-20H2,1-3H3. The van der Waals surface area contributed by atoms with Crippen molar-refractivity contribution >= 4 is 0 Å². The number of aliphatic hydroxyl groups is 1. The molecule has 0 heterocycles. The van der Waals surface area contributed by atoms with Crippen LogP contribution in [0.15, 0.2) is 0 Å². The molecule has 1 aliphatic carbocycles. The van der Waals surface area contributed by atoms with Crippen molar-refractivity contribution in [1.82, 2.24) is 0 Å². The highest BCUT2D eigenvalue weighted by atomic mass is 16.3. The van der Waals surface area contributed by atoms with Crippen LogP contribution in [0.2, 0.25) is 0 Å². The van der Waals surface area contributed by atoms with E-state index >= 15 is 0 Å². The first-order valence-electron chi connectivity index (χ1n) is 11.3. The molecule has 0 saturated heterocycles. The van der Waals surface area contributed by atoms with Gasteiger partial charge in [0.1, 0.15) is 0 Å². The molecule has 24 heavy (non-hydrogen) atoms. The summed E-state index contributed by atoms with van der Waals surface area (Å²) in [4.78, 5) is 0. The number of rotatable bonds is 14. The van der Waals surface area contributed by atoms with Gasteiger partial charge in [-0.3, -0.25) is 0 Å². The largest absolute Gasteiger partial charge is 0.390 e. The number of hydrogen-bond donors (Lipinski definition) is 1. The normalized spacial score (nSPS) is 20.0. The molecular formula is C23H46O. The zero-order chi connectivity index (χ0) is 17.7. The molecule has 1 saturated carbocycles. The van der Waals surface area contributed by atoms with E-state index in [0.717, 1.165) is 6.42 Å². The fourth-order valence-electron chi connectivity index (χ4n) is 4.68. The van der Waals surface area contributed by atoms with Crippen molar-refractivity contribution < 1.29 is 5.11 Å². The maximum absolute atomic E-state index is 10.9. The van der Waals surface area contributed by atoms with Crippen LogP contribution < -0.4 is 0 Å². The second-order valence-electron chi connectivity index (χ2n) is 8.97. The molecule has 0 spiro atoms. The Morgan fingerprint density at radius 1 is 0.833 bits per heavy atom. The van der Waals surface area contributed by atoms with Crippen molar-refractivity contribution in [2.24, 2.45) is 11.8 Å². The van der Waals surface area contributed by atoms with E-state index in [4.69, 9.17) is 0 Å². The van der Waals surface area contributed by atoms with Gasteiger partial charge in [0.25, 0.3) is 0 Å². The maximum atomic E-state index is 10.9. The van der Waals surface area contributed by atoms with Crippen molar-refractivity contribution in [2.45, 2.75) is 136 Å². The molecule has 0 radical (unpaired) electrons. The van der Waals surface area contributed by atoms with E-state index in [1.807, 2.05) is 0 Å². The number of unbranched alkanes of at least 4 members (excludes halogenated alkanes) is 9. The predicted octanol–water partition coefficient (Wildman–Crippen LogP) is 7.65. The second kappa shape index (κ2) is 13.2. The van der Waals surface area contributed by atoms with Gasteiger partial charge in [0.15, 0.2) is 0 Å². The van der Waals surface area contributed by atoms with Gasteiger partial charge in [0.2, 0.25) is 0 Å². The third-order valence-electron chi connectivity index (χ3n) is 6.30. The zero-order valence-electron chi connectivity index (χ0n) is 17.1. The molecule has 1 rings (SSSR count). The highest BCUT2D eigenvalue weighted by molar-refractivity contribution is 4.85. The molecular weight excluding hydrogens is 292 g/mol. The molecule has 2 atom stereocenters. The van der Waals surface area contributed by atoms with Crippen molar-refractivity contribution in [3.63, 3.8) is 0 Å². The average Bonchev–Trinajstić information content (AvgIpc) is 2.57. The summed E-state index contributed by atoms with van der Waals surface area (Å²) in [6.07, 6.45) is 23.0. The zero-order valence-corrected chi connectivity index (χ0v) is 17.1. The van der Waals surface area contributed by atoms with Gasteiger partial charge in [-0.15, -0.1) is 0 Å². The molecule has 1 aliphatic rings. The highest BCUT2D eigenvalue weighted by Crippen LogP contribution is 2.37. The van der Waals surface area contributed by atoms with Crippen LogP contribution in [-0.4, -0.2) is 10.7 Å². The lowest BCUT2D eigenvalue weighted by atomic mass is 9.73. The first-order valence-corrected chi connectivity index (χ1v) is 11.3. The molecule has 0 aromatic carbocycles. The lowest BCUT2D eigenvalue weighted by Crippen LogP contribution is -2.37. The molecule has 1 N–H and O–H groups in total. The molecule has 0 bridgehead atoms. The van der Waals surface area contributed by atoms with Gasteiger partial charge in [-0.2, -0.15) is 0 Å². The van der Waals surface area contributed by atoms with Crippen LogP contribution in [0.25, 0.3) is 0 Å². The van der Waals surface area contributed by atoms with E-state index in [2.05, 4.69) is 20.8 Å². The molecule has 1 nitrogen and oxygen atoms in total. The summed E-state index contributed by atoms with van der Waals surface area (Å²) < 4.78 is 0. The molecule has 0 aliphatic heterocycles. The van der Waals surface area contributed by atoms with Crippen LogP contribution in [-0.2, 0) is 0 Å². The van der Waals surface area contributed by atoms with E-state index in [-0.39, 0.29) is 0 Å². The summed E-state index contributed by atoms with van der Waals surface area (Å²) >= 11 is 0. The van der Waals surface area contributed by atoms with E-state index in [1.54, 1.807) is 0 Å². The summed E-state index contributed by atoms with van der Waals surface area (Å²) in [5.74, 6) is 1.23. The topological polar surface area (TPSA) is 20.2 Å². The first-order chi connectivity index (χ1) is 11.6. The van der Waals surface area contributed by atoms with Crippen LogP contribution in [0.4, 0.5) is 0 Å². The Bertz CT molecular complexity index is 278. The van der Waals surface area contributed by atoms with E-state index in [9.17, 15) is 5.11 Å². The lowest BCUT2D eigenvalue weighted by Gasteiger charge is -2.37. The summed E-state index contributed by atoms with van der Waals surface area (Å²) in [6, 6.07) is 0. The van der Waals surface area contributed by atoms with Gasteiger partial charge in [-0.25, -0.2) is 0 Å². The third kappa shape index (κ3) is 10.1. The fraction of sp³-hybridized carbons (Fsp3) is 1.00. The van der Waals surface area contributed by atoms with Crippen molar-refractivity contribution in [1.29, 1.82) is 0 Å². The Morgan fingerprint density at radius 3 is 1.88 bits per heavy atom. The summed E-state index contributed by atoms with van der Waals surface area (Å²) in [5.41, 5.74) is -0.418. The molecule has 0 aromatic heterocycles. The van der Waals surface area contributed by atoms with Crippen LogP contribution in [0, 0.1) is 11.8 Å². The van der Waals surface area contributed by atoms with Crippen molar-refractivity contribution in [3.05, 3.63) is 0 Å². The smallest absolute Gasteiger partial charge is 0.0650 e. The van der Waals surface area contributed by atoms with Gasteiger partial charge in [0.05, 0.1) is 5.60 Å². The van der Waals surface area contributed by atoms with Crippen LogP contribution in [0.3, 0.4) is 0 Å². The molecule has 2 unspecified atom stereocenters. The van der Waals surface area contributed by atoms with Gasteiger partial charge >= 0.3 is 0 Å². The highest BCUT2D eigenvalue weighted by Gasteiger charge is 2.33. The Morgan fingerprint density at radius 2 is 1.33 bits per heavy atom. The minimum Gasteiger partial charge on any atom is -0.390 e. The first kappa shape index (κ1) is 22.0. The summed E-state index contributed by atoms with van der Waals surface area (Å²) in [6.45, 7) is 6.75. The molecule has 1 fully saturated rings. The SMILES string of the molecule is CCCCCCCCCCCCC(C)CC(C)(O)C1CCCCC1. The third-order valence-corrected chi connectivity index (χ3v) is 6.30. The van der Waals surface area contributed by atoms with Crippen molar-refractivity contribution in [2.75, 3.05) is 0 Å². The fourth-order valence-corrected chi connectivity index (χ4v) is 4.68. The van der Waals surface area contributed by atoms with Crippen LogP contribution in [0.1, 0.15) is 130 Å². The predicted molar refractivity (Wildman–Crippen MR) is 107 cm³/mol. The quantitative estimate of drug-likeness (QED) is 0.322. The minimum absolute atomic E-state index is 0.418. The summed E-state index contributed by atoms with van der Waals surface area (Å²) in [5, 5.41) is 10.9. The van der Waals surface area contributed by atoms with Gasteiger partial charge in [0, 0.05) is 0 Å². The summed E-state index contributed by atoms with van der Waals surface area (Å²) in [7, 11) is 0. The maximum Gasteiger partial charge on any atom is 0.0650 e. The van der Waals surface area contributed by atoms with Gasteiger partial charge in [-0.1, -0.05) is 104 Å². The van der Waals surface area contributed by atoms with E-state index in [1.165, 1.54) is 103 Å². The second-order valence-corrected chi connectivity index (χ2v) is 8.97. The average molecular weight is 339 g/mol. The lowest BCUT2D eigenvalue weighted by molar-refractivity contribution is -0.0352. The minimum atomic E-state index is -0.418. The monoisotopic (exact) mass is 338 g/mol. The Kier molecular flexibility index (Phi) is 12.1. The molecule has 1 heteroatoms. The Hall–Kier alpha value is -0.0400. The van der Waals surface area contributed by atoms with Gasteiger partial charge < -0.3 is 5.11 Å². The van der Waals surface area contributed by atoms with Crippen molar-refractivity contribution in [3.8, 4) is 0 Å². The molecule has 0 amide bonds. The number of hydrogen-bond acceptors (Lipinski definition) is 1. The van der Waals surface area contributed by atoms with E-state index < -0.39 is 5.60 Å². The van der Waals surface area contributed by atoms with Crippen LogP contribution in [0.5, 0.6) is 0 Å². The Labute approximate surface area is 153 Å². The van der Waals surface area contributed by atoms with Gasteiger partial charge in [-0.05, 0) is 38.0 Å². The molecule has 144 valence electrons. The Balaban J connectivity index is 1.98. The van der Waals surface area contributed by atoms with Crippen LogP contribution >= 0.6 is 0 Å².